The molecule has 1 aliphatic rings. The van der Waals surface area contributed by atoms with Crippen molar-refractivity contribution < 1.29 is 28.6 Å². The number of benzene rings is 2. The lowest BCUT2D eigenvalue weighted by Gasteiger charge is -2.24. The van der Waals surface area contributed by atoms with Crippen LogP contribution in [0.25, 0.3) is 0 Å². The highest BCUT2D eigenvalue weighted by molar-refractivity contribution is 5.86. The largest absolute Gasteiger partial charge is 0.464 e. The van der Waals surface area contributed by atoms with Crippen molar-refractivity contribution in [2.45, 2.75) is 38.6 Å². The summed E-state index contributed by atoms with van der Waals surface area (Å²) >= 11 is 0. The third-order valence-corrected chi connectivity index (χ3v) is 6.37. The van der Waals surface area contributed by atoms with E-state index in [0.717, 1.165) is 11.1 Å². The summed E-state index contributed by atoms with van der Waals surface area (Å²) in [5, 5.41) is 12.2. The van der Waals surface area contributed by atoms with E-state index in [4.69, 9.17) is 4.74 Å². The molecule has 2 aromatic rings. The summed E-state index contributed by atoms with van der Waals surface area (Å²) in [5.74, 6) is -2.12. The van der Waals surface area contributed by atoms with Crippen molar-refractivity contribution in [2.75, 3.05) is 26.3 Å². The minimum absolute atomic E-state index is 0.00991. The molecule has 0 aliphatic carbocycles. The number of cyclic esters (lactones) is 1. The highest BCUT2D eigenvalue weighted by atomic mass is 19.1. The van der Waals surface area contributed by atoms with E-state index in [0.29, 0.717) is 32.2 Å². The van der Waals surface area contributed by atoms with Crippen LogP contribution < -0.4 is 5.32 Å². The van der Waals surface area contributed by atoms with Gasteiger partial charge in [-0.15, -0.1) is 0 Å². The lowest BCUT2D eigenvalue weighted by atomic mass is 9.94. The average Bonchev–Trinajstić information content (AvgIpc) is 2.91. The molecule has 8 heteroatoms. The average molecular weight is 511 g/mol. The number of rotatable bonds is 8. The number of ether oxygens (including phenoxy) is 1. The van der Waals surface area contributed by atoms with Crippen LogP contribution >= 0.6 is 0 Å². The molecule has 37 heavy (non-hydrogen) atoms. The number of carbonyl (C=O) groups excluding carboxylic acids is 3. The molecule has 0 bridgehead atoms. The molecular weight excluding hydrogens is 475 g/mol. The highest BCUT2D eigenvalue weighted by Gasteiger charge is 2.25. The van der Waals surface area contributed by atoms with Crippen LogP contribution in [0.5, 0.6) is 0 Å². The molecule has 1 aliphatic heterocycles. The van der Waals surface area contributed by atoms with Crippen molar-refractivity contribution in [3.63, 3.8) is 0 Å². The van der Waals surface area contributed by atoms with Gasteiger partial charge in [0, 0.05) is 19.5 Å². The summed E-state index contributed by atoms with van der Waals surface area (Å²) in [7, 11) is 0. The van der Waals surface area contributed by atoms with Crippen molar-refractivity contribution in [3.8, 4) is 0 Å². The number of nitrogens with one attached hydrogen (secondary N) is 1. The van der Waals surface area contributed by atoms with Crippen LogP contribution in [-0.2, 0) is 32.1 Å². The molecule has 0 aromatic heterocycles. The summed E-state index contributed by atoms with van der Waals surface area (Å²) in [6.07, 6.45) is 5.79. The van der Waals surface area contributed by atoms with Crippen molar-refractivity contribution >= 4 is 17.8 Å². The molecule has 3 rings (SSSR count). The van der Waals surface area contributed by atoms with Crippen LogP contribution in [0.2, 0.25) is 0 Å². The molecule has 7 nitrogen and oxygen atoms in total. The Morgan fingerprint density at radius 3 is 2.51 bits per heavy atom. The third kappa shape index (κ3) is 9.46. The zero-order valence-corrected chi connectivity index (χ0v) is 21.0. The lowest BCUT2D eigenvalue weighted by Crippen LogP contribution is -2.39. The fourth-order valence-electron chi connectivity index (χ4n) is 4.31. The number of aliphatic hydroxyl groups is 1. The van der Waals surface area contributed by atoms with Crippen LogP contribution in [0.15, 0.2) is 66.7 Å². The summed E-state index contributed by atoms with van der Waals surface area (Å²) in [6, 6.07) is 15.6. The minimum Gasteiger partial charge on any atom is -0.464 e. The molecule has 1 heterocycles. The van der Waals surface area contributed by atoms with E-state index < -0.39 is 5.92 Å². The van der Waals surface area contributed by atoms with Gasteiger partial charge in [0.2, 0.25) is 11.8 Å². The summed E-state index contributed by atoms with van der Waals surface area (Å²) in [6.45, 7) is 0.550. The Kier molecular flexibility index (Phi) is 11.3. The number of hydrogen-bond donors (Lipinski definition) is 2. The first kappa shape index (κ1) is 28.1. The van der Waals surface area contributed by atoms with E-state index in [1.807, 2.05) is 42.5 Å². The molecule has 0 radical (unpaired) electrons. The Bertz CT molecular complexity index is 1040. The normalized spacial score (nSPS) is 19.9. The van der Waals surface area contributed by atoms with Crippen molar-refractivity contribution in [1.82, 2.24) is 10.2 Å². The Morgan fingerprint density at radius 1 is 1.03 bits per heavy atom. The van der Waals surface area contributed by atoms with Gasteiger partial charge in [0.15, 0.2) is 0 Å². The second-order valence-corrected chi connectivity index (χ2v) is 9.20. The van der Waals surface area contributed by atoms with Crippen molar-refractivity contribution in [3.05, 3.63) is 83.7 Å². The van der Waals surface area contributed by atoms with E-state index in [9.17, 15) is 23.9 Å². The zero-order chi connectivity index (χ0) is 26.5. The number of hydrogen-bond acceptors (Lipinski definition) is 5. The van der Waals surface area contributed by atoms with Crippen LogP contribution in [0.1, 0.15) is 36.8 Å². The monoisotopic (exact) mass is 510 g/mol. The Morgan fingerprint density at radius 2 is 1.78 bits per heavy atom. The number of allylic oxidation sites excluding steroid dienone is 2. The molecule has 0 saturated carbocycles. The second kappa shape index (κ2) is 14.9. The molecule has 0 fully saturated rings. The van der Waals surface area contributed by atoms with E-state index in [2.05, 4.69) is 5.32 Å². The molecule has 2 amide bonds. The number of esters is 1. The molecule has 2 atom stereocenters. The summed E-state index contributed by atoms with van der Waals surface area (Å²) in [5.41, 5.74) is 1.80. The maximum atomic E-state index is 13.2. The van der Waals surface area contributed by atoms with E-state index in [1.165, 1.54) is 12.1 Å². The van der Waals surface area contributed by atoms with Gasteiger partial charge >= 0.3 is 5.97 Å². The van der Waals surface area contributed by atoms with Gasteiger partial charge in [0.1, 0.15) is 12.4 Å². The molecule has 2 aromatic carbocycles. The Labute approximate surface area is 217 Å². The van der Waals surface area contributed by atoms with Gasteiger partial charge in [-0.3, -0.25) is 14.4 Å². The van der Waals surface area contributed by atoms with Crippen LogP contribution in [0.4, 0.5) is 4.39 Å². The van der Waals surface area contributed by atoms with E-state index in [-0.39, 0.29) is 62.2 Å². The molecular formula is C29H35FN2O5. The molecule has 0 spiro atoms. The Balaban J connectivity index is 1.63. The standard InChI is InChI=1S/C29H35FN2O5/c30-26-13-11-22(12-14-26)19-25-10-6-2-5-9-24(28(35)31-15-18-37-29(25)36)20-27(34)32(16-17-33)21-23-7-3-1-4-8-23/h1-5,7-8,11-14,24-25,33H,6,9-10,15-21H2,(H,31,35)/b5-2+/t24-,25+/m1/s1. The van der Waals surface area contributed by atoms with Gasteiger partial charge in [0.25, 0.3) is 0 Å². The SMILES string of the molecule is O=C1NCCOC(=O)[C@H](Cc2ccc(F)cc2)CC/C=C/C[C@@H]1CC(=O)N(CCO)Cc1ccccc1. The maximum Gasteiger partial charge on any atom is 0.309 e. The molecule has 2 N–H and O–H groups in total. The number of nitrogens with zero attached hydrogens (tertiary/aromatic N) is 1. The van der Waals surface area contributed by atoms with Gasteiger partial charge in [-0.05, 0) is 48.9 Å². The fourth-order valence-corrected chi connectivity index (χ4v) is 4.31. The third-order valence-electron chi connectivity index (χ3n) is 6.37. The molecule has 198 valence electrons. The van der Waals surface area contributed by atoms with Gasteiger partial charge in [-0.25, -0.2) is 4.39 Å². The van der Waals surface area contributed by atoms with Gasteiger partial charge in [-0.1, -0.05) is 54.6 Å². The molecule has 0 saturated heterocycles. The lowest BCUT2D eigenvalue weighted by molar-refractivity contribution is -0.149. The van der Waals surface area contributed by atoms with E-state index >= 15 is 0 Å². The highest BCUT2D eigenvalue weighted by Crippen LogP contribution is 2.19. The maximum absolute atomic E-state index is 13.2. The topological polar surface area (TPSA) is 95.9 Å². The smallest absolute Gasteiger partial charge is 0.309 e. The van der Waals surface area contributed by atoms with Crippen LogP contribution in [0.3, 0.4) is 0 Å². The predicted molar refractivity (Wildman–Crippen MR) is 138 cm³/mol. The van der Waals surface area contributed by atoms with E-state index in [1.54, 1.807) is 17.0 Å². The van der Waals surface area contributed by atoms with Crippen LogP contribution in [0, 0.1) is 17.7 Å². The quantitative estimate of drug-likeness (QED) is 0.419. The van der Waals surface area contributed by atoms with Gasteiger partial charge in [-0.2, -0.15) is 0 Å². The van der Waals surface area contributed by atoms with Crippen molar-refractivity contribution in [1.29, 1.82) is 0 Å². The first-order chi connectivity index (χ1) is 18.0. The number of halogens is 1. The molecule has 0 unspecified atom stereocenters. The number of carbonyl (C=O) groups is 3. The minimum atomic E-state index is -0.577. The fraction of sp³-hybridized carbons (Fsp3) is 0.414. The zero-order valence-electron chi connectivity index (χ0n) is 21.0. The van der Waals surface area contributed by atoms with Gasteiger partial charge in [0.05, 0.1) is 25.0 Å². The first-order valence-electron chi connectivity index (χ1n) is 12.7. The first-order valence-corrected chi connectivity index (χ1v) is 12.7. The second-order valence-electron chi connectivity index (χ2n) is 9.20. The van der Waals surface area contributed by atoms with Crippen molar-refractivity contribution in [2.24, 2.45) is 11.8 Å². The number of aliphatic hydroxyl groups excluding tert-OH is 1. The summed E-state index contributed by atoms with van der Waals surface area (Å²) < 4.78 is 18.6. The van der Waals surface area contributed by atoms with Crippen LogP contribution in [-0.4, -0.2) is 54.1 Å². The van der Waals surface area contributed by atoms with Gasteiger partial charge < -0.3 is 20.1 Å². The predicted octanol–water partition coefficient (Wildman–Crippen LogP) is 3.41. The Hall–Kier alpha value is -3.52. The summed E-state index contributed by atoms with van der Waals surface area (Å²) in [4.78, 5) is 40.2. The number of amides is 2.